The van der Waals surface area contributed by atoms with Crippen LogP contribution >= 0.6 is 0 Å². The quantitative estimate of drug-likeness (QED) is 0.311. The molecule has 0 saturated carbocycles. The second kappa shape index (κ2) is 11.2. The Morgan fingerprint density at radius 3 is 2.06 bits per heavy atom. The molecule has 1 aliphatic rings. The van der Waals surface area contributed by atoms with E-state index < -0.39 is 29.7 Å². The van der Waals surface area contributed by atoms with Crippen LogP contribution in [-0.2, 0) is 25.5 Å². The summed E-state index contributed by atoms with van der Waals surface area (Å²) >= 11 is 0. The number of rotatable bonds is 11. The van der Waals surface area contributed by atoms with Crippen LogP contribution in [0.2, 0.25) is 0 Å². The Kier molecular flexibility index (Phi) is 7.80. The minimum absolute atomic E-state index is 0.00513. The molecule has 0 aromatic heterocycles. The maximum Gasteiger partial charge on any atom is 0.321 e. The molecule has 3 aromatic rings. The van der Waals surface area contributed by atoms with E-state index in [1.165, 1.54) is 0 Å². The van der Waals surface area contributed by atoms with Crippen LogP contribution in [-0.4, -0.2) is 42.6 Å². The molecule has 0 radical (unpaired) electrons. The third-order valence-corrected chi connectivity index (χ3v) is 6.65. The van der Waals surface area contributed by atoms with Gasteiger partial charge in [-0.05, 0) is 52.8 Å². The number of esters is 1. The molecular weight excluding hydrogens is 458 g/mol. The third-order valence-electron chi connectivity index (χ3n) is 6.65. The van der Waals surface area contributed by atoms with Gasteiger partial charge in [-0.25, -0.2) is 0 Å². The summed E-state index contributed by atoms with van der Waals surface area (Å²) < 4.78 is 10.7. The Morgan fingerprint density at radius 2 is 1.50 bits per heavy atom. The zero-order valence-electron chi connectivity index (χ0n) is 20.1. The van der Waals surface area contributed by atoms with Gasteiger partial charge in [-0.3, -0.25) is 14.4 Å². The number of carbonyl (C=O) groups is 3. The molecule has 1 aliphatic carbocycles. The van der Waals surface area contributed by atoms with Gasteiger partial charge in [0.25, 0.3) is 0 Å². The van der Waals surface area contributed by atoms with E-state index >= 15 is 0 Å². The number of fused-ring (bicyclic) bond motifs is 3. The fourth-order valence-electron chi connectivity index (χ4n) is 4.73. The maximum atomic E-state index is 13.0. The van der Waals surface area contributed by atoms with Crippen molar-refractivity contribution in [1.82, 2.24) is 0 Å². The van der Waals surface area contributed by atoms with Crippen LogP contribution in [0.3, 0.4) is 0 Å². The number of carbonyl (C=O) groups excluding carboxylic acids is 2. The molecule has 7 heteroatoms. The first-order chi connectivity index (χ1) is 17.4. The Labute approximate surface area is 209 Å². The summed E-state index contributed by atoms with van der Waals surface area (Å²) in [6.45, 7) is -0.00513. The Balaban J connectivity index is 1.42. The molecule has 3 N–H and O–H groups in total. The topological polar surface area (TPSA) is 116 Å². The highest BCUT2D eigenvalue weighted by molar-refractivity contribution is 6.03. The molecular formula is C29H29NO6. The van der Waals surface area contributed by atoms with Crippen molar-refractivity contribution in [3.63, 3.8) is 0 Å². The number of ketones is 1. The number of carboxylic acid groups (broad SMARTS) is 1. The number of carboxylic acids is 1. The molecule has 7 nitrogen and oxygen atoms in total. The molecule has 4 rings (SSSR count). The van der Waals surface area contributed by atoms with Crippen LogP contribution in [0.4, 0.5) is 0 Å². The molecule has 0 spiro atoms. The van der Waals surface area contributed by atoms with Crippen molar-refractivity contribution in [3.05, 3.63) is 89.5 Å². The Bertz CT molecular complexity index is 1210. The molecule has 0 heterocycles. The van der Waals surface area contributed by atoms with Gasteiger partial charge >= 0.3 is 11.9 Å². The van der Waals surface area contributed by atoms with Crippen molar-refractivity contribution in [1.29, 1.82) is 0 Å². The Morgan fingerprint density at radius 1 is 0.917 bits per heavy atom. The minimum Gasteiger partial charge on any atom is -0.497 e. The third kappa shape index (κ3) is 5.31. The monoisotopic (exact) mass is 487 g/mol. The summed E-state index contributed by atoms with van der Waals surface area (Å²) in [6.07, 6.45) is 1.06. The fraction of sp³-hybridized carbons (Fsp3) is 0.276. The van der Waals surface area contributed by atoms with Crippen molar-refractivity contribution < 1.29 is 29.0 Å². The number of hydrogen-bond donors (Lipinski definition) is 2. The first-order valence-corrected chi connectivity index (χ1v) is 11.9. The first-order valence-electron chi connectivity index (χ1n) is 11.9. The van der Waals surface area contributed by atoms with Crippen LogP contribution in [0, 0.1) is 5.92 Å². The lowest BCUT2D eigenvalue weighted by Gasteiger charge is -2.20. The SMILES string of the molecule is COc1ccc(CCCC(=O)[C@@H](C(=O)OCC2c3ccccc3-c3ccccc32)C(N)C(=O)O)cc1. The van der Waals surface area contributed by atoms with E-state index in [4.69, 9.17) is 15.2 Å². The van der Waals surface area contributed by atoms with Gasteiger partial charge in [-0.1, -0.05) is 60.7 Å². The van der Waals surface area contributed by atoms with Gasteiger partial charge in [0.15, 0.2) is 0 Å². The second-order valence-corrected chi connectivity index (χ2v) is 8.87. The van der Waals surface area contributed by atoms with Gasteiger partial charge in [0.2, 0.25) is 0 Å². The molecule has 0 amide bonds. The van der Waals surface area contributed by atoms with E-state index in [-0.39, 0.29) is 18.9 Å². The number of ether oxygens (including phenoxy) is 2. The highest BCUT2D eigenvalue weighted by atomic mass is 16.5. The predicted molar refractivity (Wildman–Crippen MR) is 135 cm³/mol. The van der Waals surface area contributed by atoms with Gasteiger partial charge in [0.05, 0.1) is 7.11 Å². The highest BCUT2D eigenvalue weighted by Gasteiger charge is 2.38. The fourth-order valence-corrected chi connectivity index (χ4v) is 4.73. The zero-order valence-corrected chi connectivity index (χ0v) is 20.1. The van der Waals surface area contributed by atoms with Crippen molar-refractivity contribution in [3.8, 4) is 16.9 Å². The van der Waals surface area contributed by atoms with Crippen molar-refractivity contribution in [2.75, 3.05) is 13.7 Å². The lowest BCUT2D eigenvalue weighted by atomic mass is 9.91. The molecule has 186 valence electrons. The van der Waals surface area contributed by atoms with E-state index in [0.717, 1.165) is 33.6 Å². The molecule has 0 fully saturated rings. The van der Waals surface area contributed by atoms with Gasteiger partial charge in [0, 0.05) is 12.3 Å². The van der Waals surface area contributed by atoms with Crippen molar-refractivity contribution >= 4 is 17.7 Å². The number of aliphatic carboxylic acids is 1. The van der Waals surface area contributed by atoms with Crippen LogP contribution in [0.25, 0.3) is 11.1 Å². The predicted octanol–water partition coefficient (Wildman–Crippen LogP) is 3.97. The van der Waals surface area contributed by atoms with Crippen molar-refractivity contribution in [2.24, 2.45) is 11.7 Å². The normalized spacial score (nSPS) is 13.8. The van der Waals surface area contributed by atoms with Gasteiger partial charge < -0.3 is 20.3 Å². The summed E-state index contributed by atoms with van der Waals surface area (Å²) in [5.74, 6) is -3.88. The summed E-state index contributed by atoms with van der Waals surface area (Å²) in [4.78, 5) is 37.6. The molecule has 0 saturated heterocycles. The number of hydrogen-bond acceptors (Lipinski definition) is 6. The smallest absolute Gasteiger partial charge is 0.321 e. The maximum absolute atomic E-state index is 13.0. The van der Waals surface area contributed by atoms with Crippen LogP contribution in [0.15, 0.2) is 72.8 Å². The highest BCUT2D eigenvalue weighted by Crippen LogP contribution is 2.44. The zero-order chi connectivity index (χ0) is 25.7. The standard InChI is InChI=1S/C29H29NO6/c1-35-19-15-13-18(14-16-19)7-6-12-25(31)26(27(30)28(32)33)29(34)36-17-24-22-10-4-2-8-20(22)21-9-3-5-11-23(21)24/h2-5,8-11,13-16,24,26-27H,6-7,12,17,30H2,1H3,(H,32,33)/t26-,27?/m1/s1. The molecule has 3 aromatic carbocycles. The van der Waals surface area contributed by atoms with E-state index in [2.05, 4.69) is 0 Å². The number of methoxy groups -OCH3 is 1. The first kappa shape index (κ1) is 25.1. The van der Waals surface area contributed by atoms with Crippen LogP contribution < -0.4 is 10.5 Å². The largest absolute Gasteiger partial charge is 0.497 e. The number of benzene rings is 3. The lowest BCUT2D eigenvalue weighted by molar-refractivity contribution is -0.158. The van der Waals surface area contributed by atoms with E-state index in [1.807, 2.05) is 72.8 Å². The van der Waals surface area contributed by atoms with E-state index in [9.17, 15) is 19.5 Å². The molecule has 0 bridgehead atoms. The number of Topliss-reactive ketones (excluding diaryl/α,β-unsaturated/α-hetero) is 1. The molecule has 36 heavy (non-hydrogen) atoms. The van der Waals surface area contributed by atoms with Gasteiger partial charge in [-0.2, -0.15) is 0 Å². The van der Waals surface area contributed by atoms with E-state index in [0.29, 0.717) is 12.8 Å². The summed E-state index contributed by atoms with van der Waals surface area (Å²) in [6, 6.07) is 21.6. The van der Waals surface area contributed by atoms with Gasteiger partial charge in [0.1, 0.15) is 30.1 Å². The van der Waals surface area contributed by atoms with E-state index in [1.54, 1.807) is 7.11 Å². The molecule has 1 unspecified atom stereocenters. The van der Waals surface area contributed by atoms with Crippen LogP contribution in [0.5, 0.6) is 5.75 Å². The number of aryl methyl sites for hydroxylation is 1. The average molecular weight is 488 g/mol. The molecule has 2 atom stereocenters. The minimum atomic E-state index is -1.67. The average Bonchev–Trinajstić information content (AvgIpc) is 3.21. The molecule has 0 aliphatic heterocycles. The second-order valence-electron chi connectivity index (χ2n) is 8.87. The van der Waals surface area contributed by atoms with Gasteiger partial charge in [-0.15, -0.1) is 0 Å². The van der Waals surface area contributed by atoms with Crippen molar-refractivity contribution in [2.45, 2.75) is 31.2 Å². The number of nitrogens with two attached hydrogens (primary N) is 1. The van der Waals surface area contributed by atoms with Crippen LogP contribution in [0.1, 0.15) is 35.4 Å². The summed E-state index contributed by atoms with van der Waals surface area (Å²) in [5, 5.41) is 9.45. The summed E-state index contributed by atoms with van der Waals surface area (Å²) in [7, 11) is 1.59. The summed E-state index contributed by atoms with van der Waals surface area (Å²) in [5.41, 5.74) is 11.0. The lowest BCUT2D eigenvalue weighted by Crippen LogP contribution is -2.47. The Hall–Kier alpha value is -3.97.